The van der Waals surface area contributed by atoms with Gasteiger partial charge in [0.05, 0.1) is 16.1 Å². The first-order chi connectivity index (χ1) is 11.5. The third-order valence-electron chi connectivity index (χ3n) is 3.50. The summed E-state index contributed by atoms with van der Waals surface area (Å²) in [6, 6.07) is 12.6. The van der Waals surface area contributed by atoms with Crippen LogP contribution in [0.2, 0.25) is 0 Å². The lowest BCUT2D eigenvalue weighted by Gasteiger charge is -2.07. The van der Waals surface area contributed by atoms with Crippen molar-refractivity contribution in [3.63, 3.8) is 0 Å². The van der Waals surface area contributed by atoms with Crippen LogP contribution in [0.15, 0.2) is 53.1 Å². The highest BCUT2D eigenvalue weighted by molar-refractivity contribution is 7.18. The average molecular weight is 340 g/mol. The van der Waals surface area contributed by atoms with Gasteiger partial charge in [0.1, 0.15) is 0 Å². The minimum Gasteiger partial charge on any atom is -0.459 e. The Morgan fingerprint density at radius 2 is 1.75 bits per heavy atom. The van der Waals surface area contributed by atoms with Gasteiger partial charge < -0.3 is 15.1 Å². The maximum Gasteiger partial charge on any atom is 0.291 e. The molecule has 122 valence electrons. The van der Waals surface area contributed by atoms with Gasteiger partial charge in [-0.2, -0.15) is 0 Å². The fourth-order valence-corrected chi connectivity index (χ4v) is 3.21. The van der Waals surface area contributed by atoms with Crippen LogP contribution in [0.25, 0.3) is 0 Å². The topological polar surface area (TPSA) is 71.3 Å². The second kappa shape index (κ2) is 6.72. The second-order valence-corrected chi connectivity index (χ2v) is 6.38. The summed E-state index contributed by atoms with van der Waals surface area (Å²) >= 11 is 1.23. The zero-order valence-electron chi connectivity index (χ0n) is 13.3. The normalized spacial score (nSPS) is 10.4. The molecule has 3 aromatic rings. The van der Waals surface area contributed by atoms with E-state index in [2.05, 4.69) is 10.6 Å². The predicted molar refractivity (Wildman–Crippen MR) is 94.8 cm³/mol. The van der Waals surface area contributed by atoms with Crippen molar-refractivity contribution in [2.45, 2.75) is 13.8 Å². The van der Waals surface area contributed by atoms with E-state index in [0.29, 0.717) is 9.88 Å². The van der Waals surface area contributed by atoms with Crippen LogP contribution in [0, 0.1) is 13.8 Å². The lowest BCUT2D eigenvalue weighted by atomic mass is 10.2. The Balaban J connectivity index is 1.75. The van der Waals surface area contributed by atoms with Gasteiger partial charge in [0.2, 0.25) is 0 Å². The van der Waals surface area contributed by atoms with Crippen molar-refractivity contribution in [3.05, 3.63) is 70.5 Å². The summed E-state index contributed by atoms with van der Waals surface area (Å²) in [5.74, 6) is -0.302. The Morgan fingerprint density at radius 1 is 0.958 bits per heavy atom. The molecule has 0 unspecified atom stereocenters. The van der Waals surface area contributed by atoms with Gasteiger partial charge in [-0.15, -0.1) is 11.3 Å². The number of furan rings is 1. The molecule has 24 heavy (non-hydrogen) atoms. The molecule has 0 bridgehead atoms. The first-order valence-corrected chi connectivity index (χ1v) is 8.18. The standard InChI is InChI=1S/C18H16N2O3S/c1-11-6-3-4-7-13(11)19-18(22)16-12(2)10-15(24-16)20-17(21)14-8-5-9-23-14/h3-10H,1-2H3,(H,19,22)(H,20,21). The van der Waals surface area contributed by atoms with Crippen molar-refractivity contribution in [2.24, 2.45) is 0 Å². The Morgan fingerprint density at radius 3 is 2.46 bits per heavy atom. The average Bonchev–Trinajstić information content (AvgIpc) is 3.19. The number of anilines is 2. The molecule has 0 aliphatic rings. The van der Waals surface area contributed by atoms with Crippen LogP contribution in [0.3, 0.4) is 0 Å². The summed E-state index contributed by atoms with van der Waals surface area (Å²) in [5.41, 5.74) is 2.57. The summed E-state index contributed by atoms with van der Waals surface area (Å²) in [4.78, 5) is 25.0. The van der Waals surface area contributed by atoms with Gasteiger partial charge in [-0.3, -0.25) is 9.59 Å². The molecule has 1 aromatic carbocycles. The first-order valence-electron chi connectivity index (χ1n) is 7.37. The van der Waals surface area contributed by atoms with E-state index in [9.17, 15) is 9.59 Å². The molecule has 0 saturated carbocycles. The Bertz CT molecular complexity index is 882. The maximum atomic E-state index is 12.5. The number of amides is 2. The van der Waals surface area contributed by atoms with Gasteiger partial charge in [0.15, 0.2) is 5.76 Å². The lowest BCUT2D eigenvalue weighted by molar-refractivity contribution is 0.0995. The highest BCUT2D eigenvalue weighted by Gasteiger charge is 2.17. The number of carbonyl (C=O) groups is 2. The van der Waals surface area contributed by atoms with E-state index in [1.165, 1.54) is 17.6 Å². The molecule has 2 heterocycles. The van der Waals surface area contributed by atoms with E-state index in [0.717, 1.165) is 16.8 Å². The van der Waals surface area contributed by atoms with Crippen molar-refractivity contribution < 1.29 is 14.0 Å². The fourth-order valence-electron chi connectivity index (χ4n) is 2.24. The molecule has 0 saturated heterocycles. The molecule has 2 aromatic heterocycles. The Kier molecular flexibility index (Phi) is 4.48. The Labute approximate surface area is 143 Å². The number of hydrogen-bond acceptors (Lipinski definition) is 4. The minimum absolute atomic E-state index is 0.190. The van der Waals surface area contributed by atoms with E-state index in [1.54, 1.807) is 18.2 Å². The number of rotatable bonds is 4. The molecule has 2 amide bonds. The molecular formula is C18H16N2O3S. The number of para-hydroxylation sites is 1. The monoisotopic (exact) mass is 340 g/mol. The highest BCUT2D eigenvalue weighted by atomic mass is 32.1. The molecular weight excluding hydrogens is 324 g/mol. The van der Waals surface area contributed by atoms with Crippen LogP contribution >= 0.6 is 11.3 Å². The zero-order chi connectivity index (χ0) is 17.1. The van der Waals surface area contributed by atoms with Gasteiger partial charge >= 0.3 is 0 Å². The molecule has 0 spiro atoms. The number of hydrogen-bond donors (Lipinski definition) is 2. The maximum absolute atomic E-state index is 12.5. The number of carbonyl (C=O) groups excluding carboxylic acids is 2. The number of thiophene rings is 1. The quantitative estimate of drug-likeness (QED) is 0.736. The van der Waals surface area contributed by atoms with Crippen molar-refractivity contribution in [2.75, 3.05) is 10.6 Å². The fraction of sp³-hybridized carbons (Fsp3) is 0.111. The largest absolute Gasteiger partial charge is 0.459 e. The zero-order valence-corrected chi connectivity index (χ0v) is 14.1. The highest BCUT2D eigenvalue weighted by Crippen LogP contribution is 2.28. The first kappa shape index (κ1) is 16.0. The van der Waals surface area contributed by atoms with Crippen molar-refractivity contribution in [1.29, 1.82) is 0 Å². The molecule has 0 fully saturated rings. The van der Waals surface area contributed by atoms with E-state index < -0.39 is 0 Å². The molecule has 3 rings (SSSR count). The Hall–Kier alpha value is -2.86. The number of aryl methyl sites for hydroxylation is 2. The summed E-state index contributed by atoms with van der Waals surface area (Å²) < 4.78 is 5.06. The third kappa shape index (κ3) is 3.38. The van der Waals surface area contributed by atoms with E-state index in [1.807, 2.05) is 38.1 Å². The smallest absolute Gasteiger partial charge is 0.291 e. The number of benzene rings is 1. The van der Waals surface area contributed by atoms with Crippen molar-refractivity contribution >= 4 is 33.8 Å². The molecule has 5 nitrogen and oxygen atoms in total. The number of nitrogens with one attached hydrogen (secondary N) is 2. The lowest BCUT2D eigenvalue weighted by Crippen LogP contribution is -2.12. The van der Waals surface area contributed by atoms with Crippen molar-refractivity contribution in [1.82, 2.24) is 0 Å². The molecule has 0 aliphatic heterocycles. The SMILES string of the molecule is Cc1ccccc1NC(=O)c1sc(NC(=O)c2ccco2)cc1C. The van der Waals surface area contributed by atoms with Gasteiger partial charge in [0, 0.05) is 5.69 Å². The molecule has 0 atom stereocenters. The van der Waals surface area contributed by atoms with Crippen molar-refractivity contribution in [3.8, 4) is 0 Å². The van der Waals surface area contributed by atoms with Gasteiger partial charge in [0.25, 0.3) is 11.8 Å². The van der Waals surface area contributed by atoms with E-state index in [-0.39, 0.29) is 17.6 Å². The molecule has 6 heteroatoms. The van der Waals surface area contributed by atoms with Gasteiger partial charge in [-0.05, 0) is 49.2 Å². The third-order valence-corrected chi connectivity index (χ3v) is 4.65. The van der Waals surface area contributed by atoms with Crippen LogP contribution in [-0.2, 0) is 0 Å². The van der Waals surface area contributed by atoms with Gasteiger partial charge in [-0.25, -0.2) is 0 Å². The van der Waals surface area contributed by atoms with Crippen LogP contribution in [0.1, 0.15) is 31.4 Å². The second-order valence-electron chi connectivity index (χ2n) is 5.32. The van der Waals surface area contributed by atoms with E-state index in [4.69, 9.17) is 4.42 Å². The van der Waals surface area contributed by atoms with Crippen LogP contribution in [0.4, 0.5) is 10.7 Å². The van der Waals surface area contributed by atoms with Crippen LogP contribution in [0.5, 0.6) is 0 Å². The summed E-state index contributed by atoms with van der Waals surface area (Å²) in [6.07, 6.45) is 1.44. The minimum atomic E-state index is -0.341. The van der Waals surface area contributed by atoms with Crippen LogP contribution < -0.4 is 10.6 Å². The molecule has 0 aliphatic carbocycles. The molecule has 0 radical (unpaired) electrons. The van der Waals surface area contributed by atoms with Gasteiger partial charge in [-0.1, -0.05) is 18.2 Å². The van der Waals surface area contributed by atoms with E-state index >= 15 is 0 Å². The van der Waals surface area contributed by atoms with Crippen LogP contribution in [-0.4, -0.2) is 11.8 Å². The predicted octanol–water partition coefficient (Wildman–Crippen LogP) is 4.46. The summed E-state index contributed by atoms with van der Waals surface area (Å²) in [5, 5.41) is 6.24. The molecule has 2 N–H and O–H groups in total. The summed E-state index contributed by atoms with van der Waals surface area (Å²) in [7, 11) is 0. The summed E-state index contributed by atoms with van der Waals surface area (Å²) in [6.45, 7) is 3.78.